The van der Waals surface area contributed by atoms with Gasteiger partial charge in [0.2, 0.25) is 5.91 Å². The number of carbonyl (C=O) groups excluding carboxylic acids is 1. The SMILES string of the molecule is CN=C(NCC1CC(=O)N(CCc2ccccc2)C1)NCC(C)c1ccc(F)c(F)c1.I. The van der Waals surface area contributed by atoms with Crippen molar-refractivity contribution in [3.05, 3.63) is 71.3 Å². The average Bonchev–Trinajstić information content (AvgIpc) is 3.14. The number of amides is 1. The van der Waals surface area contributed by atoms with Gasteiger partial charge in [0.15, 0.2) is 17.6 Å². The molecule has 3 rings (SSSR count). The van der Waals surface area contributed by atoms with E-state index >= 15 is 0 Å². The Labute approximate surface area is 205 Å². The molecule has 1 aliphatic heterocycles. The van der Waals surface area contributed by atoms with Gasteiger partial charge in [0.05, 0.1) is 0 Å². The molecular weight excluding hydrogens is 525 g/mol. The van der Waals surface area contributed by atoms with Crippen LogP contribution in [-0.2, 0) is 11.2 Å². The van der Waals surface area contributed by atoms with Crippen LogP contribution in [0, 0.1) is 17.6 Å². The van der Waals surface area contributed by atoms with Crippen LogP contribution in [0.15, 0.2) is 53.5 Å². The molecule has 1 saturated heterocycles. The van der Waals surface area contributed by atoms with E-state index in [9.17, 15) is 13.6 Å². The number of guanidine groups is 1. The van der Waals surface area contributed by atoms with Crippen LogP contribution in [0.1, 0.15) is 30.4 Å². The lowest BCUT2D eigenvalue weighted by Crippen LogP contribution is -2.41. The fraction of sp³-hybridized carbons (Fsp3) is 0.417. The van der Waals surface area contributed by atoms with Gasteiger partial charge in [0.1, 0.15) is 0 Å². The first kappa shape index (κ1) is 26.0. The van der Waals surface area contributed by atoms with Crippen molar-refractivity contribution in [2.24, 2.45) is 10.9 Å². The molecule has 2 aromatic rings. The van der Waals surface area contributed by atoms with Crippen LogP contribution in [0.3, 0.4) is 0 Å². The normalized spacial score (nSPS) is 17.1. The zero-order valence-electron chi connectivity index (χ0n) is 18.5. The molecule has 0 saturated carbocycles. The van der Waals surface area contributed by atoms with Crippen LogP contribution in [-0.4, -0.2) is 50.0 Å². The van der Waals surface area contributed by atoms with Gasteiger partial charge in [-0.15, -0.1) is 24.0 Å². The molecule has 32 heavy (non-hydrogen) atoms. The highest BCUT2D eigenvalue weighted by molar-refractivity contribution is 14.0. The van der Waals surface area contributed by atoms with E-state index in [-0.39, 0.29) is 41.7 Å². The van der Waals surface area contributed by atoms with Crippen LogP contribution in [0.2, 0.25) is 0 Å². The van der Waals surface area contributed by atoms with Gasteiger partial charge in [-0.05, 0) is 35.6 Å². The van der Waals surface area contributed by atoms with Crippen molar-refractivity contribution in [2.75, 3.05) is 33.2 Å². The summed E-state index contributed by atoms with van der Waals surface area (Å²) in [6.07, 6.45) is 1.39. The molecule has 2 N–H and O–H groups in total. The van der Waals surface area contributed by atoms with Crippen molar-refractivity contribution in [1.29, 1.82) is 0 Å². The third kappa shape index (κ3) is 7.43. The molecule has 0 aliphatic carbocycles. The van der Waals surface area contributed by atoms with Crippen LogP contribution in [0.4, 0.5) is 8.78 Å². The topological polar surface area (TPSA) is 56.7 Å². The van der Waals surface area contributed by atoms with Crippen molar-refractivity contribution in [3.8, 4) is 0 Å². The molecule has 8 heteroatoms. The first-order valence-corrected chi connectivity index (χ1v) is 10.7. The van der Waals surface area contributed by atoms with Gasteiger partial charge >= 0.3 is 0 Å². The molecular formula is C24H31F2IN4O. The lowest BCUT2D eigenvalue weighted by molar-refractivity contribution is -0.127. The third-order valence-electron chi connectivity index (χ3n) is 5.68. The zero-order valence-corrected chi connectivity index (χ0v) is 20.8. The third-order valence-corrected chi connectivity index (χ3v) is 5.68. The van der Waals surface area contributed by atoms with Crippen molar-refractivity contribution in [3.63, 3.8) is 0 Å². The van der Waals surface area contributed by atoms with Crippen LogP contribution in [0.5, 0.6) is 0 Å². The van der Waals surface area contributed by atoms with E-state index in [4.69, 9.17) is 0 Å². The number of carbonyl (C=O) groups is 1. The second-order valence-corrected chi connectivity index (χ2v) is 8.05. The number of likely N-dealkylation sites (tertiary alicyclic amines) is 1. The minimum atomic E-state index is -0.842. The number of aliphatic imine (C=N–C) groups is 1. The number of nitrogens with zero attached hydrogens (tertiary/aromatic N) is 2. The van der Waals surface area contributed by atoms with Gasteiger partial charge < -0.3 is 15.5 Å². The van der Waals surface area contributed by atoms with Gasteiger partial charge in [0, 0.05) is 45.6 Å². The maximum absolute atomic E-state index is 13.4. The largest absolute Gasteiger partial charge is 0.356 e. The number of benzene rings is 2. The zero-order chi connectivity index (χ0) is 22.2. The molecule has 0 spiro atoms. The molecule has 1 heterocycles. The Kier molecular flexibility index (Phi) is 10.3. The Morgan fingerprint density at radius 2 is 1.91 bits per heavy atom. The van der Waals surface area contributed by atoms with Gasteiger partial charge in [-0.2, -0.15) is 0 Å². The highest BCUT2D eigenvalue weighted by atomic mass is 127. The Bertz CT molecular complexity index is 910. The summed E-state index contributed by atoms with van der Waals surface area (Å²) in [4.78, 5) is 18.5. The molecule has 1 fully saturated rings. The van der Waals surface area contributed by atoms with Gasteiger partial charge in [-0.3, -0.25) is 9.79 Å². The summed E-state index contributed by atoms with van der Waals surface area (Å²) in [5.41, 5.74) is 1.95. The Hall–Kier alpha value is -2.23. The van der Waals surface area contributed by atoms with Crippen LogP contribution >= 0.6 is 24.0 Å². The summed E-state index contributed by atoms with van der Waals surface area (Å²) in [7, 11) is 1.68. The minimum Gasteiger partial charge on any atom is -0.356 e. The van der Waals surface area contributed by atoms with E-state index in [0.717, 1.165) is 31.1 Å². The quantitative estimate of drug-likeness (QED) is 0.294. The molecule has 2 unspecified atom stereocenters. The number of rotatable bonds is 8. The highest BCUT2D eigenvalue weighted by Crippen LogP contribution is 2.19. The van der Waals surface area contributed by atoms with Crippen molar-refractivity contribution >= 4 is 35.8 Å². The summed E-state index contributed by atoms with van der Waals surface area (Å²) >= 11 is 0. The monoisotopic (exact) mass is 556 g/mol. The predicted octanol–water partition coefficient (Wildman–Crippen LogP) is 3.94. The minimum absolute atomic E-state index is 0. The Morgan fingerprint density at radius 1 is 1.16 bits per heavy atom. The molecule has 174 valence electrons. The van der Waals surface area contributed by atoms with Gasteiger partial charge in [-0.25, -0.2) is 8.78 Å². The lowest BCUT2D eigenvalue weighted by atomic mass is 10.0. The fourth-order valence-electron chi connectivity index (χ4n) is 3.76. The second kappa shape index (κ2) is 12.7. The van der Waals surface area contributed by atoms with Crippen molar-refractivity contribution in [2.45, 2.75) is 25.7 Å². The summed E-state index contributed by atoms with van der Waals surface area (Å²) in [5, 5.41) is 6.50. The maximum atomic E-state index is 13.4. The second-order valence-electron chi connectivity index (χ2n) is 8.05. The highest BCUT2D eigenvalue weighted by Gasteiger charge is 2.29. The number of hydrogen-bond donors (Lipinski definition) is 2. The predicted molar refractivity (Wildman–Crippen MR) is 134 cm³/mol. The summed E-state index contributed by atoms with van der Waals surface area (Å²) in [5.74, 6) is -0.650. The maximum Gasteiger partial charge on any atom is 0.223 e. The lowest BCUT2D eigenvalue weighted by Gasteiger charge is -2.19. The molecule has 0 bridgehead atoms. The molecule has 2 aromatic carbocycles. The fourth-order valence-corrected chi connectivity index (χ4v) is 3.76. The van der Waals surface area contributed by atoms with Crippen molar-refractivity contribution < 1.29 is 13.6 Å². The molecule has 1 aliphatic rings. The first-order valence-electron chi connectivity index (χ1n) is 10.7. The van der Waals surface area contributed by atoms with Gasteiger partial charge in [0.25, 0.3) is 0 Å². The van der Waals surface area contributed by atoms with E-state index in [2.05, 4.69) is 27.8 Å². The van der Waals surface area contributed by atoms with E-state index in [1.807, 2.05) is 30.0 Å². The summed E-state index contributed by atoms with van der Waals surface area (Å²) in [6.45, 7) is 4.58. The van der Waals surface area contributed by atoms with Crippen LogP contribution in [0.25, 0.3) is 0 Å². The summed E-state index contributed by atoms with van der Waals surface area (Å²) < 4.78 is 26.6. The smallest absolute Gasteiger partial charge is 0.223 e. The molecule has 1 amide bonds. The van der Waals surface area contributed by atoms with Gasteiger partial charge in [-0.1, -0.05) is 43.3 Å². The van der Waals surface area contributed by atoms with Crippen molar-refractivity contribution in [1.82, 2.24) is 15.5 Å². The van der Waals surface area contributed by atoms with E-state index in [1.165, 1.54) is 11.6 Å². The molecule has 5 nitrogen and oxygen atoms in total. The number of nitrogens with one attached hydrogen (secondary N) is 2. The Balaban J connectivity index is 0.00000363. The summed E-state index contributed by atoms with van der Waals surface area (Å²) in [6, 6.07) is 14.1. The van der Waals surface area contributed by atoms with E-state index < -0.39 is 11.6 Å². The van der Waals surface area contributed by atoms with E-state index in [0.29, 0.717) is 25.5 Å². The Morgan fingerprint density at radius 3 is 2.59 bits per heavy atom. The molecule has 0 radical (unpaired) electrons. The van der Waals surface area contributed by atoms with E-state index in [1.54, 1.807) is 13.1 Å². The average molecular weight is 556 g/mol. The standard InChI is InChI=1S/C24H30F2N4O.HI/c1-17(20-8-9-21(25)22(26)13-20)14-28-24(27-2)29-15-19-12-23(31)30(16-19)11-10-18-6-4-3-5-7-18;/h3-9,13,17,19H,10-12,14-16H2,1-2H3,(H2,27,28,29);1H. The van der Waals surface area contributed by atoms with Crippen LogP contribution < -0.4 is 10.6 Å². The number of halogens is 3. The molecule has 2 atom stereocenters. The first-order chi connectivity index (χ1) is 15.0. The molecule has 0 aromatic heterocycles. The number of hydrogen-bond acceptors (Lipinski definition) is 2.